The number of benzene rings is 1. The van der Waals surface area contributed by atoms with Crippen molar-refractivity contribution in [1.29, 1.82) is 0 Å². The maximum Gasteiger partial charge on any atom is 0.324 e. The molecule has 184 valence electrons. The Kier molecular flexibility index (Phi) is 6.26. The van der Waals surface area contributed by atoms with E-state index in [-0.39, 0.29) is 28.7 Å². The van der Waals surface area contributed by atoms with Gasteiger partial charge in [0.25, 0.3) is 0 Å². The fourth-order valence-electron chi connectivity index (χ4n) is 4.09. The van der Waals surface area contributed by atoms with E-state index in [1.165, 1.54) is 6.20 Å². The normalized spacial score (nSPS) is 17.5. The third-order valence-corrected chi connectivity index (χ3v) is 6.21. The van der Waals surface area contributed by atoms with Crippen molar-refractivity contribution in [2.75, 3.05) is 17.6 Å². The summed E-state index contributed by atoms with van der Waals surface area (Å²) >= 11 is 6.22. The number of carboxylic acid groups (broad SMARTS) is 1. The Morgan fingerprint density at radius 1 is 1.37 bits per heavy atom. The molecule has 35 heavy (non-hydrogen) atoms. The van der Waals surface area contributed by atoms with Crippen LogP contribution < -0.4 is 22.6 Å². The SMILES string of the molecule is CCCCn1nc(-c2nc(N)c3c(n2)NC(=O)C3(C)/C(N)=C/N(N)CC(=O)O)c2ccc(Cl)cc21. The average molecular weight is 500 g/mol. The van der Waals surface area contributed by atoms with Crippen LogP contribution in [0.4, 0.5) is 11.6 Å². The van der Waals surface area contributed by atoms with Gasteiger partial charge in [0.1, 0.15) is 29.3 Å². The Morgan fingerprint density at radius 3 is 2.80 bits per heavy atom. The fourth-order valence-corrected chi connectivity index (χ4v) is 4.26. The zero-order valence-electron chi connectivity index (χ0n) is 19.2. The molecular weight excluding hydrogens is 474 g/mol. The number of nitrogen functional groups attached to an aromatic ring is 1. The quantitative estimate of drug-likeness (QED) is 0.225. The number of nitrogens with two attached hydrogens (primary N) is 3. The highest BCUT2D eigenvalue weighted by Crippen LogP contribution is 2.44. The van der Waals surface area contributed by atoms with E-state index in [1.54, 1.807) is 13.0 Å². The highest BCUT2D eigenvalue weighted by Gasteiger charge is 2.48. The molecule has 0 aliphatic carbocycles. The molecule has 1 unspecified atom stereocenters. The highest BCUT2D eigenvalue weighted by molar-refractivity contribution is 6.31. The second-order valence-electron chi connectivity index (χ2n) is 8.47. The summed E-state index contributed by atoms with van der Waals surface area (Å²) in [5.74, 6) is 4.51. The van der Waals surface area contributed by atoms with Gasteiger partial charge in [-0.3, -0.25) is 14.3 Å². The van der Waals surface area contributed by atoms with E-state index in [0.717, 1.165) is 28.8 Å². The van der Waals surface area contributed by atoms with E-state index in [4.69, 9.17) is 39.1 Å². The predicted octanol–water partition coefficient (Wildman–Crippen LogP) is 1.80. The molecule has 0 bridgehead atoms. The van der Waals surface area contributed by atoms with Crippen LogP contribution in [0.3, 0.4) is 0 Å². The van der Waals surface area contributed by atoms with E-state index < -0.39 is 23.8 Å². The van der Waals surface area contributed by atoms with Gasteiger partial charge < -0.3 is 26.9 Å². The van der Waals surface area contributed by atoms with Gasteiger partial charge in [-0.05, 0) is 31.5 Å². The minimum absolute atomic E-state index is 0.00974. The lowest BCUT2D eigenvalue weighted by Crippen LogP contribution is -2.40. The van der Waals surface area contributed by atoms with Gasteiger partial charge >= 0.3 is 5.97 Å². The first kappa shape index (κ1) is 24.2. The van der Waals surface area contributed by atoms with Crippen LogP contribution in [-0.4, -0.2) is 48.3 Å². The minimum atomic E-state index is -1.45. The van der Waals surface area contributed by atoms with Crippen LogP contribution in [0.2, 0.25) is 5.02 Å². The standard InChI is InChI=1S/C22H26ClN9O3/c1-3-4-7-32-13-8-11(23)5-6-12(13)17(30-32)20-27-18(25)16-19(28-20)29-21(35)22(16,2)14(24)9-31(26)10-15(33)34/h5-6,8-9H,3-4,7,10,24,26H2,1-2H3,(H,33,34)(H3,25,27,28,29,35)/b14-9-. The topological polar surface area (TPSA) is 191 Å². The maximum atomic E-state index is 13.0. The molecule has 0 fully saturated rings. The molecule has 1 amide bonds. The van der Waals surface area contributed by atoms with Crippen molar-refractivity contribution in [1.82, 2.24) is 24.8 Å². The van der Waals surface area contributed by atoms with Crippen LogP contribution in [-0.2, 0) is 21.5 Å². The summed E-state index contributed by atoms with van der Waals surface area (Å²) < 4.78 is 1.86. The summed E-state index contributed by atoms with van der Waals surface area (Å²) in [6.07, 6.45) is 3.10. The molecule has 2 aromatic heterocycles. The number of halogens is 1. The van der Waals surface area contributed by atoms with Gasteiger partial charge in [-0.2, -0.15) is 5.10 Å². The van der Waals surface area contributed by atoms with Crippen LogP contribution in [0.1, 0.15) is 32.3 Å². The lowest BCUT2D eigenvalue weighted by atomic mass is 9.81. The predicted molar refractivity (Wildman–Crippen MR) is 132 cm³/mol. The van der Waals surface area contributed by atoms with E-state index in [0.29, 0.717) is 17.3 Å². The lowest BCUT2D eigenvalue weighted by molar-refractivity contribution is -0.137. The van der Waals surface area contributed by atoms with Gasteiger partial charge in [-0.15, -0.1) is 0 Å². The molecule has 3 heterocycles. The minimum Gasteiger partial charge on any atom is -0.480 e. The number of hydrogen-bond donors (Lipinski definition) is 5. The number of aryl methyl sites for hydroxylation is 1. The van der Waals surface area contributed by atoms with Crippen LogP contribution in [0, 0.1) is 0 Å². The van der Waals surface area contributed by atoms with Gasteiger partial charge in [-0.1, -0.05) is 24.9 Å². The molecule has 8 N–H and O–H groups in total. The fraction of sp³-hybridized carbons (Fsp3) is 0.318. The number of rotatable bonds is 8. The molecule has 1 atom stereocenters. The number of anilines is 2. The third-order valence-electron chi connectivity index (χ3n) is 5.97. The maximum absolute atomic E-state index is 13.0. The number of nitrogens with zero attached hydrogens (tertiary/aromatic N) is 5. The molecule has 0 saturated heterocycles. The number of aliphatic carboxylic acids is 1. The van der Waals surface area contributed by atoms with Crippen LogP contribution in [0.5, 0.6) is 0 Å². The molecule has 0 saturated carbocycles. The Morgan fingerprint density at radius 2 is 2.11 bits per heavy atom. The number of nitrogens with one attached hydrogen (secondary N) is 1. The van der Waals surface area contributed by atoms with Gasteiger partial charge in [0.05, 0.1) is 11.1 Å². The van der Waals surface area contributed by atoms with E-state index in [9.17, 15) is 9.59 Å². The number of hydrogen-bond acceptors (Lipinski definition) is 9. The number of fused-ring (bicyclic) bond motifs is 2. The Balaban J connectivity index is 1.81. The van der Waals surface area contributed by atoms with Crippen molar-refractivity contribution in [3.8, 4) is 11.5 Å². The van der Waals surface area contributed by atoms with Crippen LogP contribution >= 0.6 is 11.6 Å². The Bertz CT molecular complexity index is 1370. The van der Waals surface area contributed by atoms with Crippen molar-refractivity contribution >= 4 is 46.0 Å². The third kappa shape index (κ3) is 4.21. The van der Waals surface area contributed by atoms with Gasteiger partial charge in [0, 0.05) is 28.9 Å². The second-order valence-corrected chi connectivity index (χ2v) is 8.91. The summed E-state index contributed by atoms with van der Waals surface area (Å²) in [6, 6.07) is 5.44. The average Bonchev–Trinajstić information content (AvgIpc) is 3.26. The second kappa shape index (κ2) is 9.04. The summed E-state index contributed by atoms with van der Waals surface area (Å²) in [5.41, 5.74) is 12.7. The van der Waals surface area contributed by atoms with Crippen molar-refractivity contribution in [3.63, 3.8) is 0 Å². The summed E-state index contributed by atoms with van der Waals surface area (Å²) in [6.45, 7) is 3.82. The van der Waals surface area contributed by atoms with Crippen LogP contribution in [0.15, 0.2) is 30.1 Å². The largest absolute Gasteiger partial charge is 0.480 e. The zero-order chi connectivity index (χ0) is 25.5. The van der Waals surface area contributed by atoms with E-state index in [1.807, 2.05) is 16.8 Å². The van der Waals surface area contributed by atoms with Crippen molar-refractivity contribution in [3.05, 3.63) is 40.7 Å². The van der Waals surface area contributed by atoms with E-state index >= 15 is 0 Å². The smallest absolute Gasteiger partial charge is 0.324 e. The first-order valence-corrected chi connectivity index (χ1v) is 11.3. The lowest BCUT2D eigenvalue weighted by Gasteiger charge is -2.25. The Hall–Kier alpha value is -3.90. The number of aromatic nitrogens is 4. The molecule has 1 aliphatic rings. The zero-order valence-corrected chi connectivity index (χ0v) is 20.0. The number of carboxylic acids is 1. The summed E-state index contributed by atoms with van der Waals surface area (Å²) in [5, 5.41) is 18.6. The number of unbranched alkanes of at least 4 members (excludes halogenated alkanes) is 1. The van der Waals surface area contributed by atoms with E-state index in [2.05, 4.69) is 22.2 Å². The van der Waals surface area contributed by atoms with Gasteiger partial charge in [-0.25, -0.2) is 15.8 Å². The summed E-state index contributed by atoms with van der Waals surface area (Å²) in [4.78, 5) is 32.9. The molecule has 3 aromatic rings. The molecule has 0 spiro atoms. The number of carbonyl (C=O) groups is 2. The first-order chi connectivity index (χ1) is 16.6. The number of carbonyl (C=O) groups excluding carboxylic acids is 1. The van der Waals surface area contributed by atoms with Crippen molar-refractivity contribution in [2.24, 2.45) is 11.6 Å². The van der Waals surface area contributed by atoms with Crippen LogP contribution in [0.25, 0.3) is 22.4 Å². The molecule has 1 aliphatic heterocycles. The Labute approximate surface area is 205 Å². The van der Waals surface area contributed by atoms with Gasteiger partial charge in [0.15, 0.2) is 5.82 Å². The molecule has 0 radical (unpaired) electrons. The highest BCUT2D eigenvalue weighted by atomic mass is 35.5. The summed E-state index contributed by atoms with van der Waals surface area (Å²) in [7, 11) is 0. The molecule has 13 heteroatoms. The number of amides is 1. The van der Waals surface area contributed by atoms with Gasteiger partial charge in [0.2, 0.25) is 5.91 Å². The first-order valence-electron chi connectivity index (χ1n) is 10.9. The molecule has 1 aromatic carbocycles. The molecule has 4 rings (SSSR count). The number of hydrazine groups is 1. The van der Waals surface area contributed by atoms with Crippen molar-refractivity contribution < 1.29 is 14.7 Å². The molecular formula is C22H26ClN9O3. The van der Waals surface area contributed by atoms with Crippen molar-refractivity contribution in [2.45, 2.75) is 38.6 Å². The molecule has 12 nitrogen and oxygen atoms in total. The monoisotopic (exact) mass is 499 g/mol.